The van der Waals surface area contributed by atoms with Gasteiger partial charge in [0.15, 0.2) is 0 Å². The summed E-state index contributed by atoms with van der Waals surface area (Å²) in [4.78, 5) is 4.42. The molecule has 0 N–H and O–H groups in total. The Morgan fingerprint density at radius 1 is 0.455 bits per heavy atom. The molecule has 134 valence electrons. The number of ether oxygens (including phenoxy) is 4. The van der Waals surface area contributed by atoms with Gasteiger partial charge in [-0.05, 0) is 14.1 Å². The molecule has 1 saturated heterocycles. The quantitative estimate of drug-likeness (QED) is 0.662. The topological polar surface area (TPSA) is 43.4 Å². The molecular formula is C16H36N2O4. The van der Waals surface area contributed by atoms with Gasteiger partial charge in [0.05, 0.1) is 52.9 Å². The summed E-state index contributed by atoms with van der Waals surface area (Å²) in [6.45, 7) is 13.3. The molecule has 1 fully saturated rings. The second kappa shape index (κ2) is 17.1. The highest BCUT2D eigenvalue weighted by atomic mass is 16.5. The van der Waals surface area contributed by atoms with Gasteiger partial charge in [-0.25, -0.2) is 0 Å². The van der Waals surface area contributed by atoms with Crippen molar-refractivity contribution in [1.82, 2.24) is 9.80 Å². The molecule has 6 heteroatoms. The molecule has 0 bridgehead atoms. The monoisotopic (exact) mass is 320 g/mol. The van der Waals surface area contributed by atoms with Crippen molar-refractivity contribution in [2.24, 2.45) is 0 Å². The highest BCUT2D eigenvalue weighted by Gasteiger charge is 2.01. The van der Waals surface area contributed by atoms with Gasteiger partial charge < -0.3 is 28.7 Å². The Bertz CT molecular complexity index is 178. The van der Waals surface area contributed by atoms with E-state index in [0.717, 1.165) is 52.6 Å². The zero-order chi connectivity index (χ0) is 16.5. The average molecular weight is 320 g/mol. The molecule has 0 spiro atoms. The lowest BCUT2D eigenvalue weighted by molar-refractivity contribution is 0.0137. The van der Waals surface area contributed by atoms with Crippen LogP contribution in [0.2, 0.25) is 0 Å². The molecule has 0 aliphatic carbocycles. The molecule has 22 heavy (non-hydrogen) atoms. The first-order valence-corrected chi connectivity index (χ1v) is 8.47. The number of hydrogen-bond donors (Lipinski definition) is 0. The zero-order valence-corrected chi connectivity index (χ0v) is 15.0. The molecule has 1 rings (SSSR count). The fraction of sp³-hybridized carbons (Fsp3) is 1.00. The van der Waals surface area contributed by atoms with Gasteiger partial charge in [-0.2, -0.15) is 0 Å². The average Bonchev–Trinajstić information content (AvgIpc) is 2.53. The maximum Gasteiger partial charge on any atom is 0.0701 e. The van der Waals surface area contributed by atoms with Gasteiger partial charge in [-0.15, -0.1) is 0 Å². The first-order chi connectivity index (χ1) is 10.8. The van der Waals surface area contributed by atoms with Crippen molar-refractivity contribution in [2.75, 3.05) is 93.1 Å². The van der Waals surface area contributed by atoms with E-state index in [2.05, 4.69) is 23.9 Å². The molecule has 0 aromatic rings. The highest BCUT2D eigenvalue weighted by molar-refractivity contribution is 4.52. The SMILES string of the molecule is CC.CN1CCOCCOCCN(C)CCOCCOCC1. The summed E-state index contributed by atoms with van der Waals surface area (Å²) in [5.41, 5.74) is 0. The van der Waals surface area contributed by atoms with Crippen molar-refractivity contribution < 1.29 is 18.9 Å². The lowest BCUT2D eigenvalue weighted by Crippen LogP contribution is -2.29. The maximum atomic E-state index is 5.54. The van der Waals surface area contributed by atoms with E-state index in [9.17, 15) is 0 Å². The largest absolute Gasteiger partial charge is 0.378 e. The predicted octanol–water partition coefficient (Wildman–Crippen LogP) is 0.956. The summed E-state index contributed by atoms with van der Waals surface area (Å²) < 4.78 is 22.1. The minimum absolute atomic E-state index is 0.664. The smallest absolute Gasteiger partial charge is 0.0701 e. The molecule has 0 unspecified atom stereocenters. The van der Waals surface area contributed by atoms with Crippen molar-refractivity contribution in [3.63, 3.8) is 0 Å². The van der Waals surface area contributed by atoms with Crippen molar-refractivity contribution in [3.05, 3.63) is 0 Å². The van der Waals surface area contributed by atoms with Crippen LogP contribution in [-0.4, -0.2) is 103 Å². The summed E-state index contributed by atoms with van der Waals surface area (Å²) in [7, 11) is 4.15. The van der Waals surface area contributed by atoms with Crippen LogP contribution in [0.5, 0.6) is 0 Å². The van der Waals surface area contributed by atoms with Crippen molar-refractivity contribution in [2.45, 2.75) is 13.8 Å². The molecule has 1 aliphatic rings. The lowest BCUT2D eigenvalue weighted by Gasteiger charge is -2.18. The van der Waals surface area contributed by atoms with Crippen LogP contribution in [0, 0.1) is 0 Å². The molecular weight excluding hydrogens is 284 g/mol. The predicted molar refractivity (Wildman–Crippen MR) is 89.6 cm³/mol. The molecule has 0 radical (unpaired) electrons. The first kappa shape index (κ1) is 21.8. The second-order valence-corrected chi connectivity index (χ2v) is 5.06. The van der Waals surface area contributed by atoms with Gasteiger partial charge in [-0.3, -0.25) is 0 Å². The summed E-state index contributed by atoms with van der Waals surface area (Å²) in [6.07, 6.45) is 0. The number of rotatable bonds is 0. The Balaban J connectivity index is 0.00000211. The first-order valence-electron chi connectivity index (χ1n) is 8.47. The normalized spacial score (nSPS) is 22.9. The summed E-state index contributed by atoms with van der Waals surface area (Å²) >= 11 is 0. The van der Waals surface area contributed by atoms with E-state index >= 15 is 0 Å². The molecule has 1 aliphatic heterocycles. The van der Waals surface area contributed by atoms with Gasteiger partial charge >= 0.3 is 0 Å². The summed E-state index contributed by atoms with van der Waals surface area (Å²) in [5, 5.41) is 0. The van der Waals surface area contributed by atoms with E-state index < -0.39 is 0 Å². The number of likely N-dealkylation sites (N-methyl/N-ethyl adjacent to an activating group) is 2. The van der Waals surface area contributed by atoms with Gasteiger partial charge in [0, 0.05) is 26.2 Å². The van der Waals surface area contributed by atoms with E-state index in [1.165, 1.54) is 0 Å². The molecule has 0 amide bonds. The highest BCUT2D eigenvalue weighted by Crippen LogP contribution is 1.89. The van der Waals surface area contributed by atoms with Crippen LogP contribution >= 0.6 is 0 Å². The van der Waals surface area contributed by atoms with Gasteiger partial charge in [-0.1, -0.05) is 13.8 Å². The van der Waals surface area contributed by atoms with Crippen molar-refractivity contribution in [3.8, 4) is 0 Å². The van der Waals surface area contributed by atoms with Crippen LogP contribution in [0.3, 0.4) is 0 Å². The van der Waals surface area contributed by atoms with E-state index in [1.54, 1.807) is 0 Å². The molecule has 0 aromatic heterocycles. The third kappa shape index (κ3) is 14.7. The standard InChI is InChI=1S/C14H30N2O4.C2H6/c1-15-3-7-17-11-13-19-9-5-16(2)6-10-20-14-12-18-8-4-15;1-2/h3-14H2,1-2H3;1-2H3. The fourth-order valence-corrected chi connectivity index (χ4v) is 1.75. The number of hydrogen-bond acceptors (Lipinski definition) is 6. The zero-order valence-electron chi connectivity index (χ0n) is 15.0. The minimum Gasteiger partial charge on any atom is -0.378 e. The molecule has 0 atom stereocenters. The molecule has 6 nitrogen and oxygen atoms in total. The lowest BCUT2D eigenvalue weighted by atomic mass is 10.5. The van der Waals surface area contributed by atoms with Gasteiger partial charge in [0.25, 0.3) is 0 Å². The Hall–Kier alpha value is -0.240. The number of nitrogens with zero attached hydrogens (tertiary/aromatic N) is 2. The Morgan fingerprint density at radius 2 is 0.682 bits per heavy atom. The third-order valence-corrected chi connectivity index (χ3v) is 3.21. The van der Waals surface area contributed by atoms with Crippen LogP contribution in [-0.2, 0) is 18.9 Å². The van der Waals surface area contributed by atoms with Crippen LogP contribution < -0.4 is 0 Å². The van der Waals surface area contributed by atoms with E-state index in [0.29, 0.717) is 26.4 Å². The molecule has 1 heterocycles. The minimum atomic E-state index is 0.664. The van der Waals surface area contributed by atoms with Crippen LogP contribution in [0.4, 0.5) is 0 Å². The molecule has 0 saturated carbocycles. The van der Waals surface area contributed by atoms with Crippen molar-refractivity contribution in [1.29, 1.82) is 0 Å². The van der Waals surface area contributed by atoms with E-state index in [4.69, 9.17) is 18.9 Å². The third-order valence-electron chi connectivity index (χ3n) is 3.21. The Morgan fingerprint density at radius 3 is 0.909 bits per heavy atom. The van der Waals surface area contributed by atoms with E-state index in [-0.39, 0.29) is 0 Å². The van der Waals surface area contributed by atoms with Crippen LogP contribution in [0.1, 0.15) is 13.8 Å². The second-order valence-electron chi connectivity index (χ2n) is 5.06. The Kier molecular flexibility index (Phi) is 16.9. The van der Waals surface area contributed by atoms with Crippen LogP contribution in [0.25, 0.3) is 0 Å². The Labute approximate surface area is 136 Å². The fourth-order valence-electron chi connectivity index (χ4n) is 1.75. The summed E-state index contributed by atoms with van der Waals surface area (Å²) in [6, 6.07) is 0. The molecule has 0 aromatic carbocycles. The van der Waals surface area contributed by atoms with Crippen molar-refractivity contribution >= 4 is 0 Å². The van der Waals surface area contributed by atoms with Gasteiger partial charge in [0.1, 0.15) is 0 Å². The van der Waals surface area contributed by atoms with E-state index in [1.807, 2.05) is 13.8 Å². The van der Waals surface area contributed by atoms with Gasteiger partial charge in [0.2, 0.25) is 0 Å². The maximum absolute atomic E-state index is 5.54. The summed E-state index contributed by atoms with van der Waals surface area (Å²) in [5.74, 6) is 0. The van der Waals surface area contributed by atoms with Crippen LogP contribution in [0.15, 0.2) is 0 Å².